The molecule has 1 aliphatic carbocycles. The summed E-state index contributed by atoms with van der Waals surface area (Å²) >= 11 is 4.18. The number of hydrogen-bond donors (Lipinski definition) is 2. The van der Waals surface area contributed by atoms with Crippen LogP contribution in [-0.2, 0) is 6.42 Å². The number of thiophene rings is 1. The third kappa shape index (κ3) is 5.60. The highest BCUT2D eigenvalue weighted by atomic mass is 127. The third-order valence-electron chi connectivity index (χ3n) is 3.05. The number of aliphatic imine (C=N–C) groups is 1. The molecule has 3 nitrogen and oxygen atoms in total. The molecule has 0 bridgehead atoms. The minimum Gasteiger partial charge on any atom is -0.370 e. The Balaban J connectivity index is 0.00000162. The van der Waals surface area contributed by atoms with Gasteiger partial charge in [0.25, 0.3) is 0 Å². The fraction of sp³-hybridized carbons (Fsp3) is 0.583. The zero-order valence-corrected chi connectivity index (χ0v) is 15.5. The van der Waals surface area contributed by atoms with Crippen molar-refractivity contribution < 1.29 is 0 Å². The van der Waals surface area contributed by atoms with E-state index in [2.05, 4.69) is 45.0 Å². The summed E-state index contributed by atoms with van der Waals surface area (Å²) in [6, 6.07) is 4.32. The first-order valence-corrected chi connectivity index (χ1v) is 7.91. The maximum atomic E-state index is 5.81. The lowest BCUT2D eigenvalue weighted by molar-refractivity contribution is 0.326. The quantitative estimate of drug-likeness (QED) is 0.378. The van der Waals surface area contributed by atoms with Crippen molar-refractivity contribution in [3.05, 3.63) is 19.9 Å². The molecule has 18 heavy (non-hydrogen) atoms. The van der Waals surface area contributed by atoms with E-state index in [0.717, 1.165) is 25.4 Å². The minimum atomic E-state index is 0. The molecule has 1 fully saturated rings. The van der Waals surface area contributed by atoms with E-state index in [0.29, 0.717) is 5.96 Å². The van der Waals surface area contributed by atoms with Crippen LogP contribution in [0.4, 0.5) is 0 Å². The van der Waals surface area contributed by atoms with Gasteiger partial charge in [-0.15, -0.1) is 35.3 Å². The molecule has 1 aromatic rings. The van der Waals surface area contributed by atoms with Crippen LogP contribution in [0.3, 0.4) is 0 Å². The van der Waals surface area contributed by atoms with E-state index in [-0.39, 0.29) is 24.0 Å². The molecule has 1 aliphatic rings. The van der Waals surface area contributed by atoms with Crippen LogP contribution in [-0.4, -0.2) is 19.0 Å². The van der Waals surface area contributed by atoms with Crippen molar-refractivity contribution in [1.82, 2.24) is 5.32 Å². The first-order valence-electron chi connectivity index (χ1n) is 6.02. The van der Waals surface area contributed by atoms with Crippen LogP contribution in [0, 0.1) is 8.80 Å². The van der Waals surface area contributed by atoms with Gasteiger partial charge in [0.15, 0.2) is 5.96 Å². The van der Waals surface area contributed by atoms with Crippen molar-refractivity contribution in [2.75, 3.05) is 13.1 Å². The van der Waals surface area contributed by atoms with Gasteiger partial charge in [0.05, 0.1) is 2.88 Å². The molecule has 1 aromatic heterocycles. The van der Waals surface area contributed by atoms with E-state index in [9.17, 15) is 0 Å². The Kier molecular flexibility index (Phi) is 7.85. The molecule has 0 atom stereocenters. The number of hydrogen-bond acceptors (Lipinski definition) is 2. The molecule has 0 radical (unpaired) electrons. The van der Waals surface area contributed by atoms with E-state index < -0.39 is 0 Å². The second-order valence-electron chi connectivity index (χ2n) is 4.41. The van der Waals surface area contributed by atoms with Crippen LogP contribution in [0.15, 0.2) is 17.1 Å². The van der Waals surface area contributed by atoms with Gasteiger partial charge in [-0.3, -0.25) is 4.99 Å². The summed E-state index contributed by atoms with van der Waals surface area (Å²) in [5, 5.41) is 3.18. The minimum absolute atomic E-state index is 0. The number of rotatable bonds is 5. The van der Waals surface area contributed by atoms with E-state index in [1.165, 1.54) is 27.0 Å². The van der Waals surface area contributed by atoms with Crippen molar-refractivity contribution in [2.45, 2.75) is 25.7 Å². The smallest absolute Gasteiger partial charge is 0.188 e. The van der Waals surface area contributed by atoms with Crippen LogP contribution in [0.5, 0.6) is 0 Å². The lowest BCUT2D eigenvalue weighted by Gasteiger charge is -2.23. The summed E-state index contributed by atoms with van der Waals surface area (Å²) in [4.78, 5) is 5.76. The zero-order valence-electron chi connectivity index (χ0n) is 10.2. The molecule has 1 heterocycles. The summed E-state index contributed by atoms with van der Waals surface area (Å²) in [7, 11) is 0. The van der Waals surface area contributed by atoms with Crippen LogP contribution in [0.1, 0.15) is 24.1 Å². The highest BCUT2D eigenvalue weighted by Crippen LogP contribution is 2.26. The highest BCUT2D eigenvalue weighted by molar-refractivity contribution is 14.1. The second-order valence-corrected chi connectivity index (χ2v) is 7.47. The van der Waals surface area contributed by atoms with E-state index in [1.54, 1.807) is 0 Å². The molecule has 0 spiro atoms. The van der Waals surface area contributed by atoms with Crippen LogP contribution < -0.4 is 11.1 Å². The molecule has 0 aliphatic heterocycles. The van der Waals surface area contributed by atoms with Gasteiger partial charge in [-0.2, -0.15) is 0 Å². The Morgan fingerprint density at radius 1 is 1.50 bits per heavy atom. The zero-order chi connectivity index (χ0) is 12.1. The summed E-state index contributed by atoms with van der Waals surface area (Å²) in [6.45, 7) is 1.77. The molecular weight excluding hydrogens is 472 g/mol. The van der Waals surface area contributed by atoms with Gasteiger partial charge < -0.3 is 11.1 Å². The van der Waals surface area contributed by atoms with Gasteiger partial charge in [0, 0.05) is 18.0 Å². The highest BCUT2D eigenvalue weighted by Gasteiger charge is 2.16. The van der Waals surface area contributed by atoms with Gasteiger partial charge in [-0.1, -0.05) is 6.42 Å². The Labute approximate surface area is 143 Å². The predicted octanol–water partition coefficient (Wildman–Crippen LogP) is 3.22. The number of nitrogens with one attached hydrogen (secondary N) is 1. The van der Waals surface area contributed by atoms with Gasteiger partial charge in [-0.05, 0) is 59.9 Å². The summed E-state index contributed by atoms with van der Waals surface area (Å²) < 4.78 is 1.34. The first-order chi connectivity index (χ1) is 8.24. The maximum absolute atomic E-state index is 5.81. The molecule has 6 heteroatoms. The summed E-state index contributed by atoms with van der Waals surface area (Å²) in [5.74, 6) is 1.39. The van der Waals surface area contributed by atoms with Crippen molar-refractivity contribution in [3.8, 4) is 0 Å². The Hall–Kier alpha value is 0.430. The summed E-state index contributed by atoms with van der Waals surface area (Å²) in [6.07, 6.45) is 5.03. The summed E-state index contributed by atoms with van der Waals surface area (Å²) in [5.41, 5.74) is 5.81. The SMILES string of the molecule is I.NC(=NCC1CCC1)NCCc1ccc(I)s1. The van der Waals surface area contributed by atoms with Gasteiger partial charge in [0.1, 0.15) is 0 Å². The van der Waals surface area contributed by atoms with Gasteiger partial charge >= 0.3 is 0 Å². The van der Waals surface area contributed by atoms with Gasteiger partial charge in [-0.25, -0.2) is 0 Å². The Morgan fingerprint density at radius 2 is 2.28 bits per heavy atom. The fourth-order valence-corrected chi connectivity index (χ4v) is 3.51. The maximum Gasteiger partial charge on any atom is 0.188 e. The number of nitrogens with two attached hydrogens (primary N) is 1. The van der Waals surface area contributed by atoms with E-state index >= 15 is 0 Å². The number of nitrogens with zero attached hydrogens (tertiary/aromatic N) is 1. The average molecular weight is 491 g/mol. The van der Waals surface area contributed by atoms with Crippen LogP contribution in [0.2, 0.25) is 0 Å². The molecule has 0 amide bonds. The van der Waals surface area contributed by atoms with Crippen molar-refractivity contribution >= 4 is 63.9 Å². The third-order valence-corrected chi connectivity index (χ3v) is 5.00. The van der Waals surface area contributed by atoms with Crippen LogP contribution in [0.25, 0.3) is 0 Å². The van der Waals surface area contributed by atoms with E-state index in [4.69, 9.17) is 5.73 Å². The van der Waals surface area contributed by atoms with Crippen LogP contribution >= 0.6 is 57.9 Å². The fourth-order valence-electron chi connectivity index (χ4n) is 1.76. The molecule has 0 aromatic carbocycles. The molecule has 102 valence electrons. The largest absolute Gasteiger partial charge is 0.370 e. The lowest BCUT2D eigenvalue weighted by Crippen LogP contribution is -2.34. The number of guanidine groups is 1. The topological polar surface area (TPSA) is 50.4 Å². The number of halogens is 2. The Bertz CT molecular complexity index is 388. The monoisotopic (exact) mass is 491 g/mol. The molecular formula is C12H19I2N3S. The molecule has 0 saturated heterocycles. The predicted molar refractivity (Wildman–Crippen MR) is 98.0 cm³/mol. The normalized spacial score (nSPS) is 15.9. The van der Waals surface area contributed by atoms with E-state index in [1.807, 2.05) is 11.3 Å². The second kappa shape index (κ2) is 8.57. The Morgan fingerprint density at radius 3 is 2.83 bits per heavy atom. The molecule has 3 N–H and O–H groups in total. The first kappa shape index (κ1) is 16.5. The van der Waals surface area contributed by atoms with Crippen molar-refractivity contribution in [1.29, 1.82) is 0 Å². The van der Waals surface area contributed by atoms with Gasteiger partial charge in [0.2, 0.25) is 0 Å². The van der Waals surface area contributed by atoms with Crippen molar-refractivity contribution in [3.63, 3.8) is 0 Å². The lowest BCUT2D eigenvalue weighted by atomic mass is 9.86. The molecule has 1 saturated carbocycles. The molecule has 0 unspecified atom stereocenters. The van der Waals surface area contributed by atoms with Crippen molar-refractivity contribution in [2.24, 2.45) is 16.6 Å². The average Bonchev–Trinajstić information content (AvgIpc) is 2.62. The standard InChI is InChI=1S/C12H18IN3S.HI/c13-11-5-4-10(17-11)6-7-15-12(14)16-8-9-2-1-3-9;/h4-5,9H,1-3,6-8H2,(H3,14,15,16);1H. The molecule has 2 rings (SSSR count).